The average Bonchev–Trinajstić information content (AvgIpc) is 1.97. The van der Waals surface area contributed by atoms with Gasteiger partial charge in [-0.1, -0.05) is 28.1 Å². The van der Waals surface area contributed by atoms with Gasteiger partial charge in [0.15, 0.2) is 0 Å². The second kappa shape index (κ2) is 4.99. The normalized spacial score (nSPS) is 16.1. The third kappa shape index (κ3) is 2.97. The van der Waals surface area contributed by atoms with Crippen LogP contribution in [-0.4, -0.2) is 13.1 Å². The van der Waals surface area contributed by atoms with Crippen LogP contribution in [0.2, 0.25) is 0 Å². The van der Waals surface area contributed by atoms with E-state index in [1.54, 1.807) is 0 Å². The molecule has 1 nitrogen and oxygen atoms in total. The van der Waals surface area contributed by atoms with Crippen molar-refractivity contribution in [2.75, 3.05) is 13.1 Å². The molecule has 1 saturated heterocycles. The number of halogens is 2. The van der Waals surface area contributed by atoms with Gasteiger partial charge < -0.3 is 5.32 Å². The summed E-state index contributed by atoms with van der Waals surface area (Å²) in [7, 11) is 0. The van der Waals surface area contributed by atoms with Gasteiger partial charge in [-0.3, -0.25) is 0 Å². The maximum Gasteiger partial charge on any atom is 0.0177 e. The van der Waals surface area contributed by atoms with Crippen LogP contribution in [0.4, 0.5) is 0 Å². The highest BCUT2D eigenvalue weighted by Gasteiger charge is 2.16. The summed E-state index contributed by atoms with van der Waals surface area (Å²) in [5, 5.41) is 3.28. The second-order valence-corrected chi connectivity index (χ2v) is 4.27. The zero-order valence-electron chi connectivity index (χ0n) is 7.29. The molecule has 0 bridgehead atoms. The third-order valence-corrected chi connectivity index (χ3v) is 2.77. The minimum atomic E-state index is 0. The van der Waals surface area contributed by atoms with Crippen LogP contribution < -0.4 is 5.32 Å². The second-order valence-electron chi connectivity index (χ2n) is 3.36. The molecule has 0 aliphatic carbocycles. The molecule has 0 aromatic heterocycles. The van der Waals surface area contributed by atoms with E-state index < -0.39 is 0 Å². The summed E-state index contributed by atoms with van der Waals surface area (Å²) in [6.45, 7) is 2.37. The van der Waals surface area contributed by atoms with E-state index in [4.69, 9.17) is 0 Å². The molecule has 3 heteroatoms. The summed E-state index contributed by atoms with van der Waals surface area (Å²) in [6.07, 6.45) is 1.21. The molecule has 0 unspecified atom stereocenters. The molecule has 0 radical (unpaired) electrons. The Morgan fingerprint density at radius 2 is 2.15 bits per heavy atom. The lowest BCUT2D eigenvalue weighted by atomic mass is 9.95. The van der Waals surface area contributed by atoms with Gasteiger partial charge in [0, 0.05) is 4.47 Å². The summed E-state index contributed by atoms with van der Waals surface area (Å²) in [6, 6.07) is 8.58. The van der Waals surface area contributed by atoms with Crippen LogP contribution in [0.25, 0.3) is 0 Å². The molecule has 72 valence electrons. The highest BCUT2D eigenvalue weighted by atomic mass is 79.9. The first-order valence-corrected chi connectivity index (χ1v) is 5.09. The molecule has 1 fully saturated rings. The Bertz CT molecular complexity index is 273. The van der Waals surface area contributed by atoms with E-state index in [1.165, 1.54) is 29.5 Å². The van der Waals surface area contributed by atoms with Gasteiger partial charge in [0.2, 0.25) is 0 Å². The molecule has 1 aliphatic heterocycles. The highest BCUT2D eigenvalue weighted by Crippen LogP contribution is 2.16. The Morgan fingerprint density at radius 1 is 1.38 bits per heavy atom. The van der Waals surface area contributed by atoms with Crippen molar-refractivity contribution >= 4 is 28.3 Å². The van der Waals surface area contributed by atoms with Gasteiger partial charge >= 0.3 is 0 Å². The Balaban J connectivity index is 0.000000845. The van der Waals surface area contributed by atoms with Crippen LogP contribution >= 0.6 is 28.3 Å². The Hall–Kier alpha value is -0.0500. The predicted octanol–water partition coefficient (Wildman–Crippen LogP) is 2.63. The lowest BCUT2D eigenvalue weighted by Crippen LogP contribution is -2.43. The Morgan fingerprint density at radius 3 is 2.69 bits per heavy atom. The number of rotatable bonds is 2. The lowest BCUT2D eigenvalue weighted by molar-refractivity contribution is 0.346. The van der Waals surface area contributed by atoms with E-state index in [1.807, 2.05) is 0 Å². The molecule has 1 aromatic carbocycles. The topological polar surface area (TPSA) is 12.0 Å². The van der Waals surface area contributed by atoms with Crippen LogP contribution in [0.15, 0.2) is 28.7 Å². The molecule has 13 heavy (non-hydrogen) atoms. The fourth-order valence-electron chi connectivity index (χ4n) is 1.49. The van der Waals surface area contributed by atoms with E-state index >= 15 is 0 Å². The molecule has 0 amide bonds. The average molecular weight is 263 g/mol. The van der Waals surface area contributed by atoms with Crippen molar-refractivity contribution in [2.24, 2.45) is 5.92 Å². The highest BCUT2D eigenvalue weighted by molar-refractivity contribution is 9.10. The first kappa shape index (κ1) is 11.0. The van der Waals surface area contributed by atoms with Crippen LogP contribution in [0.1, 0.15) is 5.56 Å². The van der Waals surface area contributed by atoms with E-state index in [-0.39, 0.29) is 12.4 Å². The zero-order valence-corrected chi connectivity index (χ0v) is 9.70. The molecule has 0 spiro atoms. The standard InChI is InChI=1S/C10H12BrN.ClH/c11-10-3-1-2-8(5-10)4-9-6-12-7-9;/h1-3,5,9,12H,4,6-7H2;1H. The van der Waals surface area contributed by atoms with Crippen molar-refractivity contribution in [3.05, 3.63) is 34.3 Å². The summed E-state index contributed by atoms with van der Waals surface area (Å²) in [5.41, 5.74) is 1.44. The van der Waals surface area contributed by atoms with Crippen molar-refractivity contribution < 1.29 is 0 Å². The van der Waals surface area contributed by atoms with Gasteiger partial charge in [-0.25, -0.2) is 0 Å². The fraction of sp³-hybridized carbons (Fsp3) is 0.400. The molecular formula is C10H13BrClN. The van der Waals surface area contributed by atoms with Crippen LogP contribution in [0.3, 0.4) is 0 Å². The predicted molar refractivity (Wildman–Crippen MR) is 61.5 cm³/mol. The monoisotopic (exact) mass is 261 g/mol. The van der Waals surface area contributed by atoms with Gasteiger partial charge in [0.25, 0.3) is 0 Å². The van der Waals surface area contributed by atoms with Crippen molar-refractivity contribution in [3.8, 4) is 0 Å². The number of benzene rings is 1. The fourth-order valence-corrected chi connectivity index (χ4v) is 1.94. The minimum absolute atomic E-state index is 0. The Labute approximate surface area is 93.5 Å². The van der Waals surface area contributed by atoms with Crippen molar-refractivity contribution in [1.29, 1.82) is 0 Å². The summed E-state index contributed by atoms with van der Waals surface area (Å²) >= 11 is 3.48. The largest absolute Gasteiger partial charge is 0.316 e. The van der Waals surface area contributed by atoms with E-state index in [9.17, 15) is 0 Å². The van der Waals surface area contributed by atoms with E-state index in [0.29, 0.717) is 0 Å². The van der Waals surface area contributed by atoms with Gasteiger partial charge in [0.05, 0.1) is 0 Å². The van der Waals surface area contributed by atoms with E-state index in [0.717, 1.165) is 5.92 Å². The van der Waals surface area contributed by atoms with Crippen molar-refractivity contribution in [2.45, 2.75) is 6.42 Å². The van der Waals surface area contributed by atoms with Crippen LogP contribution in [-0.2, 0) is 6.42 Å². The molecule has 0 atom stereocenters. The molecule has 1 aliphatic rings. The van der Waals surface area contributed by atoms with Crippen LogP contribution in [0, 0.1) is 5.92 Å². The lowest BCUT2D eigenvalue weighted by Gasteiger charge is -2.27. The molecule has 1 aromatic rings. The zero-order chi connectivity index (χ0) is 8.39. The first-order valence-electron chi connectivity index (χ1n) is 4.30. The van der Waals surface area contributed by atoms with Gasteiger partial charge in [-0.15, -0.1) is 12.4 Å². The number of hydrogen-bond acceptors (Lipinski definition) is 1. The first-order chi connectivity index (χ1) is 5.84. The molecule has 1 N–H and O–H groups in total. The van der Waals surface area contributed by atoms with Crippen molar-refractivity contribution in [1.82, 2.24) is 5.32 Å². The summed E-state index contributed by atoms with van der Waals surface area (Å²) in [5.74, 6) is 0.860. The molecule has 2 rings (SSSR count). The quantitative estimate of drug-likeness (QED) is 0.864. The van der Waals surface area contributed by atoms with Gasteiger partial charge in [0.1, 0.15) is 0 Å². The van der Waals surface area contributed by atoms with Gasteiger partial charge in [-0.2, -0.15) is 0 Å². The maximum absolute atomic E-state index is 3.48. The third-order valence-electron chi connectivity index (χ3n) is 2.28. The van der Waals surface area contributed by atoms with Crippen molar-refractivity contribution in [3.63, 3.8) is 0 Å². The Kier molecular flexibility index (Phi) is 4.23. The van der Waals surface area contributed by atoms with Gasteiger partial charge in [-0.05, 0) is 43.1 Å². The molecular weight excluding hydrogens is 249 g/mol. The van der Waals surface area contributed by atoms with Crippen LogP contribution in [0.5, 0.6) is 0 Å². The SMILES string of the molecule is Brc1cccc(CC2CNC2)c1.Cl. The molecule has 0 saturated carbocycles. The summed E-state index contributed by atoms with van der Waals surface area (Å²) < 4.78 is 1.19. The maximum atomic E-state index is 3.48. The molecule has 1 heterocycles. The summed E-state index contributed by atoms with van der Waals surface area (Å²) in [4.78, 5) is 0. The smallest absolute Gasteiger partial charge is 0.0177 e. The number of nitrogens with one attached hydrogen (secondary N) is 1. The minimum Gasteiger partial charge on any atom is -0.316 e. The van der Waals surface area contributed by atoms with E-state index in [2.05, 4.69) is 45.5 Å². The number of hydrogen-bond donors (Lipinski definition) is 1.